The summed E-state index contributed by atoms with van der Waals surface area (Å²) < 4.78 is 26.6. The predicted octanol–water partition coefficient (Wildman–Crippen LogP) is 4.16. The average molecular weight is 250 g/mol. The molecule has 0 unspecified atom stereocenters. The molecule has 0 spiro atoms. The lowest BCUT2D eigenvalue weighted by Crippen LogP contribution is -1.87. The van der Waals surface area contributed by atoms with Crippen molar-refractivity contribution in [3.8, 4) is 17.2 Å². The molecule has 0 heterocycles. The van der Waals surface area contributed by atoms with Crippen molar-refractivity contribution in [3.05, 3.63) is 58.6 Å². The highest BCUT2D eigenvalue weighted by atomic mass is 35.5. The maximum Gasteiger partial charge on any atom is 0.141 e. The van der Waals surface area contributed by atoms with E-state index in [-0.39, 0.29) is 16.1 Å². The maximum absolute atomic E-state index is 13.7. The molecule has 84 valence electrons. The SMILES string of the molecule is N#Cc1ccc(-c2ccc(F)c(Cl)c2)c(F)c1. The first-order chi connectivity index (χ1) is 8.11. The van der Waals surface area contributed by atoms with Gasteiger partial charge in [-0.1, -0.05) is 23.7 Å². The molecule has 4 heteroatoms. The van der Waals surface area contributed by atoms with Crippen LogP contribution in [0.5, 0.6) is 0 Å². The van der Waals surface area contributed by atoms with Crippen molar-refractivity contribution in [2.24, 2.45) is 0 Å². The molecule has 0 aliphatic carbocycles. The summed E-state index contributed by atoms with van der Waals surface area (Å²) in [5.74, 6) is -1.09. The smallest absolute Gasteiger partial charge is 0.141 e. The lowest BCUT2D eigenvalue weighted by molar-refractivity contribution is 0.626. The van der Waals surface area contributed by atoms with E-state index in [1.807, 2.05) is 6.07 Å². The number of rotatable bonds is 1. The summed E-state index contributed by atoms with van der Waals surface area (Å²) in [7, 11) is 0. The lowest BCUT2D eigenvalue weighted by atomic mass is 10.0. The highest BCUT2D eigenvalue weighted by Crippen LogP contribution is 2.27. The highest BCUT2D eigenvalue weighted by molar-refractivity contribution is 6.31. The standard InChI is InChI=1S/C13H6ClF2N/c14-11-6-9(2-4-12(11)15)10-3-1-8(7-17)5-13(10)16/h1-6H. The summed E-state index contributed by atoms with van der Waals surface area (Å²) >= 11 is 5.62. The maximum atomic E-state index is 13.7. The minimum atomic E-state index is -0.551. The van der Waals surface area contributed by atoms with Crippen molar-refractivity contribution in [2.45, 2.75) is 0 Å². The summed E-state index contributed by atoms with van der Waals surface area (Å²) in [6.07, 6.45) is 0. The van der Waals surface area contributed by atoms with Crippen LogP contribution in [0.15, 0.2) is 36.4 Å². The van der Waals surface area contributed by atoms with Gasteiger partial charge in [-0.2, -0.15) is 5.26 Å². The van der Waals surface area contributed by atoms with Crippen LogP contribution in [0.2, 0.25) is 5.02 Å². The molecule has 0 bridgehead atoms. The third kappa shape index (κ3) is 2.27. The molecule has 0 saturated heterocycles. The molecule has 0 aromatic heterocycles. The van der Waals surface area contributed by atoms with Gasteiger partial charge in [-0.25, -0.2) is 8.78 Å². The van der Waals surface area contributed by atoms with Crippen molar-refractivity contribution in [1.29, 1.82) is 5.26 Å². The normalized spacial score (nSPS) is 10.0. The first kappa shape index (κ1) is 11.6. The minimum absolute atomic E-state index is 0.0636. The van der Waals surface area contributed by atoms with Gasteiger partial charge in [0.1, 0.15) is 11.6 Å². The van der Waals surface area contributed by atoms with Gasteiger partial charge in [-0.05, 0) is 29.8 Å². The number of hydrogen-bond donors (Lipinski definition) is 0. The van der Waals surface area contributed by atoms with Crippen LogP contribution >= 0.6 is 11.6 Å². The second-order valence-electron chi connectivity index (χ2n) is 3.44. The molecule has 0 atom stereocenters. The Bertz CT molecular complexity index is 617. The van der Waals surface area contributed by atoms with E-state index in [0.717, 1.165) is 6.07 Å². The van der Waals surface area contributed by atoms with E-state index in [1.54, 1.807) is 0 Å². The van der Waals surface area contributed by atoms with Crippen LogP contribution in [-0.4, -0.2) is 0 Å². The molecule has 2 aromatic carbocycles. The Morgan fingerprint density at radius 2 is 1.76 bits per heavy atom. The molecule has 17 heavy (non-hydrogen) atoms. The third-order valence-corrected chi connectivity index (χ3v) is 2.62. The zero-order valence-corrected chi connectivity index (χ0v) is 9.30. The fourth-order valence-electron chi connectivity index (χ4n) is 1.48. The van der Waals surface area contributed by atoms with Crippen LogP contribution in [0.1, 0.15) is 5.56 Å². The fraction of sp³-hybridized carbons (Fsp3) is 0. The van der Waals surface area contributed by atoms with Crippen LogP contribution < -0.4 is 0 Å². The van der Waals surface area contributed by atoms with Gasteiger partial charge in [0, 0.05) is 5.56 Å². The molecule has 0 amide bonds. The zero-order chi connectivity index (χ0) is 12.4. The number of hydrogen-bond acceptors (Lipinski definition) is 1. The molecule has 0 saturated carbocycles. The predicted molar refractivity (Wildman–Crippen MR) is 61.5 cm³/mol. The Morgan fingerprint density at radius 1 is 1.00 bits per heavy atom. The summed E-state index contributed by atoms with van der Waals surface area (Å²) in [5, 5.41) is 8.55. The summed E-state index contributed by atoms with van der Waals surface area (Å²) in [6, 6.07) is 9.90. The number of nitrogens with zero attached hydrogens (tertiary/aromatic N) is 1. The van der Waals surface area contributed by atoms with Gasteiger partial charge in [0.25, 0.3) is 0 Å². The van der Waals surface area contributed by atoms with Crippen molar-refractivity contribution in [2.75, 3.05) is 0 Å². The summed E-state index contributed by atoms with van der Waals surface area (Å²) in [6.45, 7) is 0. The Balaban J connectivity index is 2.54. The molecule has 2 aromatic rings. The van der Waals surface area contributed by atoms with E-state index in [0.29, 0.717) is 5.56 Å². The molecule has 0 aliphatic heterocycles. The van der Waals surface area contributed by atoms with Gasteiger partial charge in [-0.3, -0.25) is 0 Å². The van der Waals surface area contributed by atoms with Crippen molar-refractivity contribution in [3.63, 3.8) is 0 Å². The first-order valence-electron chi connectivity index (χ1n) is 4.77. The number of nitriles is 1. The van der Waals surface area contributed by atoms with Crippen LogP contribution in [0, 0.1) is 23.0 Å². The van der Waals surface area contributed by atoms with Gasteiger partial charge in [0.15, 0.2) is 0 Å². The molecular formula is C13H6ClF2N. The number of benzene rings is 2. The molecule has 0 aliphatic rings. The van der Waals surface area contributed by atoms with Gasteiger partial charge in [0.2, 0.25) is 0 Å². The lowest BCUT2D eigenvalue weighted by Gasteiger charge is -2.04. The molecule has 0 fully saturated rings. The van der Waals surface area contributed by atoms with Gasteiger partial charge in [-0.15, -0.1) is 0 Å². The van der Waals surface area contributed by atoms with E-state index < -0.39 is 11.6 Å². The fourth-order valence-corrected chi connectivity index (χ4v) is 1.66. The second kappa shape index (κ2) is 4.52. The van der Waals surface area contributed by atoms with Crippen molar-refractivity contribution in [1.82, 2.24) is 0 Å². The van der Waals surface area contributed by atoms with Crippen LogP contribution in [0.25, 0.3) is 11.1 Å². The molecule has 1 nitrogen and oxygen atoms in total. The van der Waals surface area contributed by atoms with Crippen LogP contribution in [-0.2, 0) is 0 Å². The van der Waals surface area contributed by atoms with E-state index in [2.05, 4.69) is 0 Å². The third-order valence-electron chi connectivity index (χ3n) is 2.33. The van der Waals surface area contributed by atoms with Gasteiger partial charge < -0.3 is 0 Å². The average Bonchev–Trinajstić information content (AvgIpc) is 2.32. The summed E-state index contributed by atoms with van der Waals surface area (Å²) in [5.41, 5.74) is 0.990. The second-order valence-corrected chi connectivity index (χ2v) is 3.84. The van der Waals surface area contributed by atoms with Gasteiger partial charge >= 0.3 is 0 Å². The minimum Gasteiger partial charge on any atom is -0.206 e. The first-order valence-corrected chi connectivity index (χ1v) is 5.14. The number of halogens is 3. The van der Waals surface area contributed by atoms with E-state index in [1.165, 1.54) is 30.3 Å². The zero-order valence-electron chi connectivity index (χ0n) is 8.55. The largest absolute Gasteiger partial charge is 0.206 e. The monoisotopic (exact) mass is 249 g/mol. The Hall–Kier alpha value is -1.92. The molecule has 0 radical (unpaired) electrons. The highest BCUT2D eigenvalue weighted by Gasteiger charge is 2.08. The quantitative estimate of drug-likeness (QED) is 0.745. The Kier molecular flexibility index (Phi) is 3.08. The van der Waals surface area contributed by atoms with E-state index >= 15 is 0 Å². The summed E-state index contributed by atoms with van der Waals surface area (Å²) in [4.78, 5) is 0. The Morgan fingerprint density at radius 3 is 2.35 bits per heavy atom. The van der Waals surface area contributed by atoms with E-state index in [4.69, 9.17) is 16.9 Å². The van der Waals surface area contributed by atoms with Crippen LogP contribution in [0.3, 0.4) is 0 Å². The van der Waals surface area contributed by atoms with Crippen molar-refractivity contribution < 1.29 is 8.78 Å². The van der Waals surface area contributed by atoms with Crippen LogP contribution in [0.4, 0.5) is 8.78 Å². The Labute approximate surface area is 102 Å². The van der Waals surface area contributed by atoms with Gasteiger partial charge in [0.05, 0.1) is 16.7 Å². The molecule has 2 rings (SSSR count). The molecular weight excluding hydrogens is 244 g/mol. The molecule has 0 N–H and O–H groups in total. The van der Waals surface area contributed by atoms with Crippen molar-refractivity contribution >= 4 is 11.6 Å². The topological polar surface area (TPSA) is 23.8 Å². The van der Waals surface area contributed by atoms with E-state index in [9.17, 15) is 8.78 Å².